The Kier molecular flexibility index (Phi) is 8.67. The highest BCUT2D eigenvalue weighted by Crippen LogP contribution is 2.51. The van der Waals surface area contributed by atoms with E-state index in [4.69, 9.17) is 36.0 Å². The normalized spacial score (nSPS) is 15.6. The maximum Gasteiger partial charge on any atom is 0.738 e. The minimum atomic E-state index is -5.06. The van der Waals surface area contributed by atoms with E-state index in [-0.39, 0.29) is 32.6 Å². The molecule has 0 unspecified atom stereocenters. The van der Waals surface area contributed by atoms with Gasteiger partial charge in [-0.15, -0.1) is 12.8 Å². The summed E-state index contributed by atoms with van der Waals surface area (Å²) in [7, 11) is 0. The van der Waals surface area contributed by atoms with Gasteiger partial charge in [-0.1, -0.05) is 89.6 Å². The lowest BCUT2D eigenvalue weighted by atomic mass is 9.85. The summed E-state index contributed by atoms with van der Waals surface area (Å²) in [6.07, 6.45) is 12.1. The van der Waals surface area contributed by atoms with Crippen LogP contribution in [0.2, 0.25) is 5.02 Å². The van der Waals surface area contributed by atoms with E-state index in [1.165, 1.54) is 26.0 Å². The largest absolute Gasteiger partial charge is 0.738 e. The molecule has 0 aliphatic carbocycles. The first-order chi connectivity index (χ1) is 27.8. The van der Waals surface area contributed by atoms with Crippen LogP contribution in [0.5, 0.6) is 0 Å². The van der Waals surface area contributed by atoms with Crippen molar-refractivity contribution < 1.29 is 26.3 Å². The van der Waals surface area contributed by atoms with Crippen LogP contribution in [0.1, 0.15) is 35.0 Å². The number of benzene rings is 4. The Labute approximate surface area is 340 Å². The molecule has 0 atom stereocenters. The van der Waals surface area contributed by atoms with Gasteiger partial charge in [-0.2, -0.15) is 13.2 Å². The van der Waals surface area contributed by atoms with Gasteiger partial charge in [0.05, 0.1) is 29.1 Å². The molecule has 0 fully saturated rings. The molecule has 0 saturated heterocycles. The summed E-state index contributed by atoms with van der Waals surface area (Å²) >= 11 is 13.5. The predicted octanol–water partition coefficient (Wildman–Crippen LogP) is 12.3. The first-order valence-electron chi connectivity index (χ1n) is 18.3. The summed E-state index contributed by atoms with van der Waals surface area (Å²) < 4.78 is 85.6. The zero-order valence-corrected chi connectivity index (χ0v) is 32.5. The van der Waals surface area contributed by atoms with E-state index < -0.39 is 30.1 Å². The molecule has 5 heterocycles. The highest BCUT2D eigenvalue weighted by atomic mass is 35.5. The summed E-state index contributed by atoms with van der Waals surface area (Å²) in [6.45, 7) is -1.67. The number of alkyl halides is 3. The molecular formula is C46H30BCl2F5N4. The molecule has 0 saturated carbocycles. The third-order valence-corrected chi connectivity index (χ3v) is 12.1. The van der Waals surface area contributed by atoms with E-state index >= 15 is 21.8 Å². The predicted molar refractivity (Wildman–Crippen MR) is 229 cm³/mol. The van der Waals surface area contributed by atoms with Gasteiger partial charge in [0, 0.05) is 55.6 Å². The Bertz CT molecular complexity index is 3210. The van der Waals surface area contributed by atoms with Crippen LogP contribution in [0.3, 0.4) is 0 Å². The Balaban J connectivity index is 1.20. The number of para-hydroxylation sites is 2. The number of allylic oxidation sites excluding steroid dienone is 4. The molecule has 3 aromatic heterocycles. The molecular weight excluding hydrogens is 785 g/mol. The number of halogens is 7. The van der Waals surface area contributed by atoms with E-state index in [1.807, 2.05) is 81.9 Å². The number of nitrogens with zero attached hydrogens (tertiary/aromatic N) is 4. The smallest absolute Gasteiger partial charge is 0.389 e. The highest BCUT2D eigenvalue weighted by Gasteiger charge is 2.61. The number of aromatic nitrogens is 3. The van der Waals surface area contributed by atoms with Gasteiger partial charge in [-0.25, -0.2) is 0 Å². The van der Waals surface area contributed by atoms with Gasteiger partial charge in [-0.3, -0.25) is 0 Å². The average molecular weight is 815 g/mol. The molecule has 58 heavy (non-hydrogen) atoms. The van der Waals surface area contributed by atoms with E-state index in [2.05, 4.69) is 11.8 Å². The molecule has 9 rings (SSSR count). The second-order valence-electron chi connectivity index (χ2n) is 14.4. The number of hydrogen-bond donors (Lipinski definition) is 0. The zero-order chi connectivity index (χ0) is 40.8. The number of rotatable bonds is 6. The molecule has 0 N–H and O–H groups in total. The van der Waals surface area contributed by atoms with Crippen molar-refractivity contribution >= 4 is 103 Å². The molecule has 0 bridgehead atoms. The van der Waals surface area contributed by atoms with Gasteiger partial charge in [-0.05, 0) is 79.1 Å². The van der Waals surface area contributed by atoms with Gasteiger partial charge >= 0.3 is 13.1 Å². The van der Waals surface area contributed by atoms with Crippen LogP contribution in [-0.4, -0.2) is 37.0 Å². The number of fused-ring (bicyclic) bond motifs is 8. The van der Waals surface area contributed by atoms with Crippen LogP contribution < -0.4 is 0 Å². The van der Waals surface area contributed by atoms with Crippen molar-refractivity contribution in [2.45, 2.75) is 33.1 Å². The highest BCUT2D eigenvalue weighted by molar-refractivity contribution is 6.60. The van der Waals surface area contributed by atoms with Crippen LogP contribution in [0.4, 0.5) is 21.8 Å². The molecule has 286 valence electrons. The second kappa shape index (κ2) is 13.4. The van der Waals surface area contributed by atoms with Gasteiger partial charge in [0.2, 0.25) is 0 Å². The van der Waals surface area contributed by atoms with Crippen molar-refractivity contribution in [1.82, 2.24) is 13.6 Å². The molecule has 0 radical (unpaired) electrons. The monoisotopic (exact) mass is 814 g/mol. The molecule has 2 aliphatic heterocycles. The number of terminal acetylenes is 2. The quantitative estimate of drug-likeness (QED) is 0.0904. The maximum atomic E-state index is 17.4. The Morgan fingerprint density at radius 3 is 1.72 bits per heavy atom. The second-order valence-corrected chi connectivity index (χ2v) is 15.1. The lowest BCUT2D eigenvalue weighted by Crippen LogP contribution is -2.52. The molecule has 2 aliphatic rings. The van der Waals surface area contributed by atoms with Crippen molar-refractivity contribution in [1.29, 1.82) is 0 Å². The summed E-state index contributed by atoms with van der Waals surface area (Å²) in [4.78, 5) is 0. The van der Waals surface area contributed by atoms with Gasteiger partial charge < -0.3 is 26.7 Å². The average Bonchev–Trinajstić information content (AvgIpc) is 3.86. The Morgan fingerprint density at radius 1 is 0.707 bits per heavy atom. The maximum absolute atomic E-state index is 17.4. The molecule has 7 aromatic rings. The summed E-state index contributed by atoms with van der Waals surface area (Å²) in [5.41, 5.74) is 1.43. The van der Waals surface area contributed by atoms with Gasteiger partial charge in [0.25, 0.3) is 0 Å². The molecule has 0 amide bonds. The standard InChI is InChI=1S/C46H30BCl2F5N4/c1-5-23-55-35-13-9-7-11-31(35)33-25-29(15-19-37(33)55)17-21-39-42(48)27(3)44-41(46(50,51)52)45-28(4)43(49)40(58(45)47(53,54)57(39)44)22-18-30-16-20-38-34(26-30)32-12-8-10-14-36(32)56(38)24-6-2/h1-2,7-22,25-26H,23-24H2,3-4H3/b21-17+,22-18+. The Morgan fingerprint density at radius 2 is 1.21 bits per heavy atom. The van der Waals surface area contributed by atoms with Gasteiger partial charge in [0.1, 0.15) is 10.6 Å². The molecule has 12 heteroatoms. The zero-order valence-electron chi connectivity index (χ0n) is 31.0. The van der Waals surface area contributed by atoms with Crippen molar-refractivity contribution in [3.8, 4) is 24.7 Å². The minimum absolute atomic E-state index is 0.125. The molecule has 0 spiro atoms. The van der Waals surface area contributed by atoms with Crippen LogP contribution in [0.25, 0.3) is 67.4 Å². The molecule has 4 aromatic carbocycles. The fraction of sp³-hybridized carbons (Fsp3) is 0.109. The fourth-order valence-electron chi connectivity index (χ4n) is 8.69. The van der Waals surface area contributed by atoms with Crippen LogP contribution in [-0.2, 0) is 13.1 Å². The van der Waals surface area contributed by atoms with Crippen LogP contribution in [0, 0.1) is 31.6 Å². The van der Waals surface area contributed by atoms with E-state index in [9.17, 15) is 0 Å². The first kappa shape index (κ1) is 37.4. The minimum Gasteiger partial charge on any atom is -0.389 e. The lowest BCUT2D eigenvalue weighted by molar-refractivity contribution is -0.364. The lowest BCUT2D eigenvalue weighted by Gasteiger charge is -2.34. The summed E-state index contributed by atoms with van der Waals surface area (Å²) in [5, 5.41) is 3.21. The van der Waals surface area contributed by atoms with E-state index in [1.54, 1.807) is 24.3 Å². The number of hydrogen-bond acceptors (Lipinski definition) is 0. The van der Waals surface area contributed by atoms with Gasteiger partial charge in [0.15, 0.2) is 11.4 Å². The Hall–Kier alpha value is -6.20. The third kappa shape index (κ3) is 5.43. The summed E-state index contributed by atoms with van der Waals surface area (Å²) in [5.74, 6) is 5.37. The van der Waals surface area contributed by atoms with E-state index in [0.29, 0.717) is 33.2 Å². The first-order valence-corrected chi connectivity index (χ1v) is 19.1. The SMILES string of the molecule is C#CCn1c2ccccc2c2cc(/C=C/C3=[N+]4C(=C(C(F)(F)F)c5c(C)c(Cl)c(/C=C/c6ccc7c(c6)c6ccccc6n7CC#C)n5[B-]4(F)F)C(C)=C3Cl)ccc21. The topological polar surface area (TPSA) is 17.8 Å². The third-order valence-electron chi connectivity index (χ3n) is 11.2. The summed E-state index contributed by atoms with van der Waals surface area (Å²) in [6, 6.07) is 26.6. The van der Waals surface area contributed by atoms with Crippen LogP contribution in [0.15, 0.2) is 107 Å². The van der Waals surface area contributed by atoms with Crippen LogP contribution >= 0.6 is 23.2 Å². The molecule has 4 nitrogen and oxygen atoms in total. The fourth-order valence-corrected chi connectivity index (χ4v) is 9.18. The van der Waals surface area contributed by atoms with Crippen molar-refractivity contribution in [3.63, 3.8) is 0 Å². The van der Waals surface area contributed by atoms with Crippen molar-refractivity contribution in [2.75, 3.05) is 0 Å². The van der Waals surface area contributed by atoms with E-state index in [0.717, 1.165) is 43.6 Å². The van der Waals surface area contributed by atoms with Crippen molar-refractivity contribution in [3.05, 3.63) is 140 Å². The van der Waals surface area contributed by atoms with Crippen molar-refractivity contribution in [2.24, 2.45) is 0 Å².